The van der Waals surface area contributed by atoms with E-state index in [0.29, 0.717) is 23.7 Å². The predicted octanol–water partition coefficient (Wildman–Crippen LogP) is 1.86. The number of nitrogens with two attached hydrogens (primary N) is 1. The molecule has 4 N–H and O–H groups in total. The van der Waals surface area contributed by atoms with E-state index in [1.165, 1.54) is 0 Å². The first kappa shape index (κ1) is 13.9. The van der Waals surface area contributed by atoms with Crippen molar-refractivity contribution in [1.29, 1.82) is 0 Å². The van der Waals surface area contributed by atoms with Crippen molar-refractivity contribution in [3.63, 3.8) is 0 Å². The van der Waals surface area contributed by atoms with Crippen molar-refractivity contribution in [1.82, 2.24) is 5.32 Å². The number of amides is 1. The minimum Gasteiger partial charge on any atom is -0.399 e. The van der Waals surface area contributed by atoms with E-state index in [4.69, 9.17) is 5.73 Å². The molecule has 1 aliphatic rings. The SMILES string of the molecule is Cc1cc(C(=O)NCC2CCCC(O)C2)ccc1N. The summed E-state index contributed by atoms with van der Waals surface area (Å²) in [5, 5.41) is 12.5. The number of rotatable bonds is 3. The number of benzene rings is 1. The van der Waals surface area contributed by atoms with Gasteiger partial charge in [0, 0.05) is 17.8 Å². The van der Waals surface area contributed by atoms with E-state index in [1.54, 1.807) is 18.2 Å². The largest absolute Gasteiger partial charge is 0.399 e. The molecule has 0 spiro atoms. The number of anilines is 1. The summed E-state index contributed by atoms with van der Waals surface area (Å²) in [6.07, 6.45) is 3.61. The van der Waals surface area contributed by atoms with E-state index in [9.17, 15) is 9.90 Å². The second-order valence-corrected chi connectivity index (χ2v) is 5.47. The maximum atomic E-state index is 12.0. The molecule has 0 saturated heterocycles. The van der Waals surface area contributed by atoms with Crippen LogP contribution in [0.2, 0.25) is 0 Å². The van der Waals surface area contributed by atoms with Crippen LogP contribution in [0.3, 0.4) is 0 Å². The number of carbonyl (C=O) groups is 1. The second kappa shape index (κ2) is 6.06. The lowest BCUT2D eigenvalue weighted by Gasteiger charge is -2.25. The van der Waals surface area contributed by atoms with Crippen molar-refractivity contribution in [2.24, 2.45) is 5.92 Å². The highest BCUT2D eigenvalue weighted by Crippen LogP contribution is 2.23. The number of hydrogen-bond acceptors (Lipinski definition) is 3. The number of hydrogen-bond donors (Lipinski definition) is 3. The van der Waals surface area contributed by atoms with Gasteiger partial charge in [-0.3, -0.25) is 4.79 Å². The Morgan fingerprint density at radius 1 is 1.47 bits per heavy atom. The molecule has 1 saturated carbocycles. The van der Waals surface area contributed by atoms with E-state index in [-0.39, 0.29) is 12.0 Å². The van der Waals surface area contributed by atoms with E-state index < -0.39 is 0 Å². The molecule has 0 radical (unpaired) electrons. The summed E-state index contributed by atoms with van der Waals surface area (Å²) in [4.78, 5) is 12.0. The normalized spacial score (nSPS) is 23.1. The minimum atomic E-state index is -0.200. The summed E-state index contributed by atoms with van der Waals surface area (Å²) in [6, 6.07) is 5.31. The van der Waals surface area contributed by atoms with Crippen molar-refractivity contribution in [3.8, 4) is 0 Å². The highest BCUT2D eigenvalue weighted by molar-refractivity contribution is 5.94. The first-order chi connectivity index (χ1) is 9.06. The van der Waals surface area contributed by atoms with Crippen LogP contribution in [0.4, 0.5) is 5.69 Å². The van der Waals surface area contributed by atoms with Gasteiger partial charge in [0.1, 0.15) is 0 Å². The highest BCUT2D eigenvalue weighted by Gasteiger charge is 2.20. The van der Waals surface area contributed by atoms with E-state index >= 15 is 0 Å². The zero-order chi connectivity index (χ0) is 13.8. The first-order valence-electron chi connectivity index (χ1n) is 6.88. The number of aryl methyl sites for hydroxylation is 1. The Morgan fingerprint density at radius 3 is 2.95 bits per heavy atom. The topological polar surface area (TPSA) is 75.3 Å². The van der Waals surface area contributed by atoms with E-state index in [0.717, 1.165) is 31.2 Å². The molecular weight excluding hydrogens is 240 g/mol. The molecule has 0 aliphatic heterocycles. The van der Waals surface area contributed by atoms with Gasteiger partial charge in [0.05, 0.1) is 6.10 Å². The molecule has 19 heavy (non-hydrogen) atoms. The molecule has 4 nitrogen and oxygen atoms in total. The average molecular weight is 262 g/mol. The fourth-order valence-electron chi connectivity index (χ4n) is 2.60. The lowest BCUT2D eigenvalue weighted by molar-refractivity contribution is 0.0874. The molecule has 1 fully saturated rings. The third-order valence-electron chi connectivity index (χ3n) is 3.84. The van der Waals surface area contributed by atoms with Gasteiger partial charge in [0.15, 0.2) is 0 Å². The Morgan fingerprint density at radius 2 is 2.26 bits per heavy atom. The number of carbonyl (C=O) groups excluding carboxylic acids is 1. The zero-order valence-electron chi connectivity index (χ0n) is 11.4. The number of aliphatic hydroxyl groups is 1. The van der Waals surface area contributed by atoms with Crippen LogP contribution < -0.4 is 11.1 Å². The maximum absolute atomic E-state index is 12.0. The monoisotopic (exact) mass is 262 g/mol. The molecule has 2 rings (SSSR count). The Kier molecular flexibility index (Phi) is 4.43. The molecule has 2 unspecified atom stereocenters. The van der Waals surface area contributed by atoms with Crippen molar-refractivity contribution < 1.29 is 9.90 Å². The van der Waals surface area contributed by atoms with Crippen LogP contribution >= 0.6 is 0 Å². The van der Waals surface area contributed by atoms with Crippen molar-refractivity contribution in [3.05, 3.63) is 29.3 Å². The van der Waals surface area contributed by atoms with Crippen molar-refractivity contribution >= 4 is 11.6 Å². The quantitative estimate of drug-likeness (QED) is 0.728. The van der Waals surface area contributed by atoms with Gasteiger partial charge in [-0.2, -0.15) is 0 Å². The Labute approximate surface area is 114 Å². The van der Waals surface area contributed by atoms with Crippen molar-refractivity contribution in [2.45, 2.75) is 38.7 Å². The summed E-state index contributed by atoms with van der Waals surface area (Å²) in [5.41, 5.74) is 8.00. The molecule has 2 atom stereocenters. The standard InChI is InChI=1S/C15H22N2O2/c1-10-7-12(5-6-14(10)16)15(19)17-9-11-3-2-4-13(18)8-11/h5-7,11,13,18H,2-4,8-9,16H2,1H3,(H,17,19). The third kappa shape index (κ3) is 3.70. The van der Waals surface area contributed by atoms with Crippen LogP contribution in [-0.4, -0.2) is 23.7 Å². The first-order valence-corrected chi connectivity index (χ1v) is 6.88. The molecule has 104 valence electrons. The van der Waals surface area contributed by atoms with E-state index in [1.807, 2.05) is 6.92 Å². The summed E-state index contributed by atoms with van der Waals surface area (Å²) >= 11 is 0. The maximum Gasteiger partial charge on any atom is 0.251 e. The second-order valence-electron chi connectivity index (χ2n) is 5.47. The lowest BCUT2D eigenvalue weighted by Crippen LogP contribution is -2.33. The van der Waals surface area contributed by atoms with Gasteiger partial charge in [0.25, 0.3) is 5.91 Å². The highest BCUT2D eigenvalue weighted by atomic mass is 16.3. The number of nitrogens with one attached hydrogen (secondary N) is 1. The molecule has 0 bridgehead atoms. The molecule has 0 aromatic heterocycles. The average Bonchev–Trinajstić information content (AvgIpc) is 2.39. The molecule has 1 aromatic carbocycles. The van der Waals surface area contributed by atoms with Gasteiger partial charge in [0.2, 0.25) is 0 Å². The summed E-state index contributed by atoms with van der Waals surface area (Å²) in [6.45, 7) is 2.53. The van der Waals surface area contributed by atoms with Crippen LogP contribution in [0.5, 0.6) is 0 Å². The minimum absolute atomic E-state index is 0.0665. The fourth-order valence-corrected chi connectivity index (χ4v) is 2.60. The number of aliphatic hydroxyl groups excluding tert-OH is 1. The van der Waals surface area contributed by atoms with Gasteiger partial charge in [-0.1, -0.05) is 6.42 Å². The summed E-state index contributed by atoms with van der Waals surface area (Å²) in [7, 11) is 0. The Balaban J connectivity index is 1.88. The Hall–Kier alpha value is -1.55. The third-order valence-corrected chi connectivity index (χ3v) is 3.84. The van der Waals surface area contributed by atoms with Gasteiger partial charge in [-0.25, -0.2) is 0 Å². The fraction of sp³-hybridized carbons (Fsp3) is 0.533. The zero-order valence-corrected chi connectivity index (χ0v) is 11.4. The Bertz CT molecular complexity index is 459. The molecule has 1 amide bonds. The van der Waals surface area contributed by atoms with Gasteiger partial charge in [-0.15, -0.1) is 0 Å². The van der Waals surface area contributed by atoms with Crippen LogP contribution in [0.1, 0.15) is 41.6 Å². The van der Waals surface area contributed by atoms with Crippen LogP contribution in [0.25, 0.3) is 0 Å². The van der Waals surface area contributed by atoms with E-state index in [2.05, 4.69) is 5.32 Å². The van der Waals surface area contributed by atoms with Gasteiger partial charge < -0.3 is 16.2 Å². The van der Waals surface area contributed by atoms with Crippen LogP contribution in [0, 0.1) is 12.8 Å². The van der Waals surface area contributed by atoms with Gasteiger partial charge >= 0.3 is 0 Å². The molecule has 1 aliphatic carbocycles. The lowest BCUT2D eigenvalue weighted by atomic mass is 9.87. The number of nitrogen functional groups attached to an aromatic ring is 1. The van der Waals surface area contributed by atoms with Gasteiger partial charge in [-0.05, 0) is 55.9 Å². The smallest absolute Gasteiger partial charge is 0.251 e. The molecule has 4 heteroatoms. The van der Waals surface area contributed by atoms with Crippen LogP contribution in [-0.2, 0) is 0 Å². The summed E-state index contributed by atoms with van der Waals surface area (Å²) in [5.74, 6) is 0.325. The van der Waals surface area contributed by atoms with Crippen molar-refractivity contribution in [2.75, 3.05) is 12.3 Å². The summed E-state index contributed by atoms with van der Waals surface area (Å²) < 4.78 is 0. The molecule has 1 aromatic rings. The predicted molar refractivity (Wildman–Crippen MR) is 75.9 cm³/mol. The molecule has 0 heterocycles. The molecular formula is C15H22N2O2. The van der Waals surface area contributed by atoms with Crippen LogP contribution in [0.15, 0.2) is 18.2 Å².